The first-order valence-electron chi connectivity index (χ1n) is 8.65. The van der Waals surface area contributed by atoms with Crippen molar-refractivity contribution in [1.82, 2.24) is 5.32 Å². The number of rotatable bonds is 5. The molecule has 3 N–H and O–H groups in total. The van der Waals surface area contributed by atoms with Gasteiger partial charge in [-0.1, -0.05) is 19.1 Å². The monoisotopic (exact) mass is 316 g/mol. The van der Waals surface area contributed by atoms with Crippen molar-refractivity contribution in [2.24, 2.45) is 5.92 Å². The minimum atomic E-state index is -0.0949. The van der Waals surface area contributed by atoms with E-state index in [1.165, 1.54) is 17.7 Å². The molecule has 0 radical (unpaired) electrons. The van der Waals surface area contributed by atoms with E-state index in [0.717, 1.165) is 31.8 Å². The molecule has 1 heterocycles. The van der Waals surface area contributed by atoms with Gasteiger partial charge in [0.2, 0.25) is 0 Å². The lowest BCUT2D eigenvalue weighted by Crippen LogP contribution is -3.14. The van der Waals surface area contributed by atoms with E-state index in [4.69, 9.17) is 0 Å². The molecule has 5 nitrogen and oxygen atoms in total. The summed E-state index contributed by atoms with van der Waals surface area (Å²) in [6, 6.07) is 7.55. The van der Waals surface area contributed by atoms with Crippen molar-refractivity contribution in [3.05, 3.63) is 29.8 Å². The third-order valence-corrected chi connectivity index (χ3v) is 4.75. The van der Waals surface area contributed by atoms with E-state index in [1.807, 2.05) is 12.1 Å². The van der Waals surface area contributed by atoms with Crippen molar-refractivity contribution < 1.29 is 14.5 Å². The van der Waals surface area contributed by atoms with Gasteiger partial charge in [0.25, 0.3) is 11.8 Å². The average Bonchev–Trinajstić information content (AvgIpc) is 3.34. The van der Waals surface area contributed by atoms with E-state index in [9.17, 15) is 9.59 Å². The van der Waals surface area contributed by atoms with Crippen molar-refractivity contribution in [3.8, 4) is 0 Å². The van der Waals surface area contributed by atoms with Crippen LogP contribution < -0.4 is 15.5 Å². The minimum Gasteiger partial charge on any atom is -0.349 e. The number of likely N-dealkylation sites (tertiary alicyclic amines) is 1. The Labute approximate surface area is 137 Å². The highest BCUT2D eigenvalue weighted by Gasteiger charge is 2.25. The Bertz CT molecular complexity index is 575. The molecule has 0 aromatic heterocycles. The molecule has 1 aliphatic carbocycles. The van der Waals surface area contributed by atoms with Gasteiger partial charge in [-0.2, -0.15) is 0 Å². The Kier molecular flexibility index (Phi) is 4.96. The molecule has 2 fully saturated rings. The van der Waals surface area contributed by atoms with Crippen molar-refractivity contribution >= 4 is 17.5 Å². The van der Waals surface area contributed by atoms with Crippen LogP contribution in [-0.2, 0) is 4.79 Å². The predicted molar refractivity (Wildman–Crippen MR) is 89.5 cm³/mol. The number of piperidine rings is 1. The van der Waals surface area contributed by atoms with E-state index >= 15 is 0 Å². The smallest absolute Gasteiger partial charge is 0.279 e. The molecule has 1 aliphatic heterocycles. The van der Waals surface area contributed by atoms with Crippen LogP contribution in [0.15, 0.2) is 24.3 Å². The highest BCUT2D eigenvalue weighted by atomic mass is 16.2. The van der Waals surface area contributed by atoms with E-state index < -0.39 is 0 Å². The maximum atomic E-state index is 12.3. The van der Waals surface area contributed by atoms with Crippen LogP contribution in [0, 0.1) is 5.92 Å². The number of benzene rings is 1. The van der Waals surface area contributed by atoms with Crippen LogP contribution in [0.5, 0.6) is 0 Å². The quantitative estimate of drug-likeness (QED) is 0.753. The zero-order valence-corrected chi connectivity index (χ0v) is 13.7. The molecule has 0 unspecified atom stereocenters. The van der Waals surface area contributed by atoms with Crippen molar-refractivity contribution in [1.29, 1.82) is 0 Å². The second-order valence-electron chi connectivity index (χ2n) is 6.95. The Morgan fingerprint density at radius 3 is 2.52 bits per heavy atom. The predicted octanol–water partition coefficient (Wildman–Crippen LogP) is 0.832. The molecule has 2 amide bonds. The van der Waals surface area contributed by atoms with Gasteiger partial charge in [0.1, 0.15) is 0 Å². The summed E-state index contributed by atoms with van der Waals surface area (Å²) in [6.45, 7) is 4.85. The van der Waals surface area contributed by atoms with Gasteiger partial charge in [0.05, 0.1) is 24.3 Å². The zero-order chi connectivity index (χ0) is 16.2. The first-order valence-corrected chi connectivity index (χ1v) is 8.65. The fourth-order valence-corrected chi connectivity index (χ4v) is 3.05. The SMILES string of the molecule is CC1CC[NH+](CC(=O)Nc2ccccc2C(=O)NC2CC2)CC1. The number of quaternary nitrogens is 1. The summed E-state index contributed by atoms with van der Waals surface area (Å²) < 4.78 is 0. The van der Waals surface area contributed by atoms with Crippen LogP contribution in [-0.4, -0.2) is 37.5 Å². The minimum absolute atomic E-state index is 0.0128. The molecule has 0 atom stereocenters. The normalized spacial score (nSPS) is 24.0. The van der Waals surface area contributed by atoms with E-state index in [1.54, 1.807) is 12.1 Å². The summed E-state index contributed by atoms with van der Waals surface area (Å²) in [5, 5.41) is 5.90. The fourth-order valence-electron chi connectivity index (χ4n) is 3.05. The second-order valence-corrected chi connectivity index (χ2v) is 6.95. The lowest BCUT2D eigenvalue weighted by molar-refractivity contribution is -0.897. The van der Waals surface area contributed by atoms with Crippen LogP contribution in [0.3, 0.4) is 0 Å². The molecule has 0 spiro atoms. The largest absolute Gasteiger partial charge is 0.349 e. The number of hydrogen-bond donors (Lipinski definition) is 3. The first kappa shape index (κ1) is 16.0. The van der Waals surface area contributed by atoms with Crippen molar-refractivity contribution in [2.75, 3.05) is 25.0 Å². The van der Waals surface area contributed by atoms with Gasteiger partial charge in [-0.25, -0.2) is 0 Å². The summed E-state index contributed by atoms with van der Waals surface area (Å²) in [4.78, 5) is 25.9. The molecular weight excluding hydrogens is 290 g/mol. The summed E-state index contributed by atoms with van der Waals surface area (Å²) in [5.74, 6) is 0.664. The first-order chi connectivity index (χ1) is 11.1. The number of hydrogen-bond acceptors (Lipinski definition) is 2. The maximum absolute atomic E-state index is 12.3. The van der Waals surface area contributed by atoms with E-state index in [-0.39, 0.29) is 11.8 Å². The Morgan fingerprint density at radius 1 is 1.13 bits per heavy atom. The number of carbonyl (C=O) groups is 2. The molecular formula is C18H26N3O2+. The molecule has 23 heavy (non-hydrogen) atoms. The average molecular weight is 316 g/mol. The summed E-state index contributed by atoms with van der Waals surface area (Å²) in [5.41, 5.74) is 1.16. The molecule has 0 bridgehead atoms. The lowest BCUT2D eigenvalue weighted by Gasteiger charge is -2.26. The number of nitrogens with one attached hydrogen (secondary N) is 3. The zero-order valence-electron chi connectivity index (χ0n) is 13.7. The molecule has 124 valence electrons. The van der Waals surface area contributed by atoms with Crippen LogP contribution in [0.25, 0.3) is 0 Å². The van der Waals surface area contributed by atoms with Gasteiger partial charge in [-0.05, 0) is 43.7 Å². The van der Waals surface area contributed by atoms with Crippen LogP contribution in [0.2, 0.25) is 0 Å². The van der Waals surface area contributed by atoms with Crippen LogP contribution in [0.1, 0.15) is 43.0 Å². The van der Waals surface area contributed by atoms with Gasteiger partial charge >= 0.3 is 0 Å². The standard InChI is InChI=1S/C18H25N3O2/c1-13-8-10-21(11-9-13)12-17(22)20-16-5-3-2-4-15(16)18(23)19-14-6-7-14/h2-5,13-14H,6-12H2,1H3,(H,19,23)(H,20,22)/p+1. The third kappa shape index (κ3) is 4.55. The topological polar surface area (TPSA) is 62.6 Å². The van der Waals surface area contributed by atoms with Gasteiger partial charge in [-0.15, -0.1) is 0 Å². The lowest BCUT2D eigenvalue weighted by atomic mass is 9.99. The number of carbonyl (C=O) groups excluding carboxylic acids is 2. The second kappa shape index (κ2) is 7.13. The Morgan fingerprint density at radius 2 is 1.83 bits per heavy atom. The van der Waals surface area contributed by atoms with Gasteiger partial charge in [0, 0.05) is 6.04 Å². The molecule has 1 saturated carbocycles. The fraction of sp³-hybridized carbons (Fsp3) is 0.556. The molecule has 3 rings (SSSR count). The highest BCUT2D eigenvalue weighted by molar-refractivity contribution is 6.04. The number of para-hydroxylation sites is 1. The van der Waals surface area contributed by atoms with E-state index in [2.05, 4.69) is 17.6 Å². The molecule has 5 heteroatoms. The van der Waals surface area contributed by atoms with Crippen molar-refractivity contribution in [2.45, 2.75) is 38.6 Å². The Hall–Kier alpha value is -1.88. The van der Waals surface area contributed by atoms with Gasteiger partial charge in [-0.3, -0.25) is 9.59 Å². The Balaban J connectivity index is 1.58. The number of anilines is 1. The summed E-state index contributed by atoms with van der Waals surface area (Å²) in [7, 11) is 0. The third-order valence-electron chi connectivity index (χ3n) is 4.75. The summed E-state index contributed by atoms with van der Waals surface area (Å²) in [6.07, 6.45) is 4.47. The number of amides is 2. The van der Waals surface area contributed by atoms with Gasteiger partial charge < -0.3 is 15.5 Å². The summed E-state index contributed by atoms with van der Waals surface area (Å²) >= 11 is 0. The maximum Gasteiger partial charge on any atom is 0.279 e. The van der Waals surface area contributed by atoms with Gasteiger partial charge in [0.15, 0.2) is 6.54 Å². The van der Waals surface area contributed by atoms with Crippen LogP contribution in [0.4, 0.5) is 5.69 Å². The van der Waals surface area contributed by atoms with Crippen molar-refractivity contribution in [3.63, 3.8) is 0 Å². The molecule has 1 aromatic rings. The van der Waals surface area contributed by atoms with Crippen LogP contribution >= 0.6 is 0 Å². The highest BCUT2D eigenvalue weighted by Crippen LogP contribution is 2.21. The molecule has 1 saturated heterocycles. The molecule has 1 aromatic carbocycles. The molecule has 2 aliphatic rings. The van der Waals surface area contributed by atoms with E-state index in [0.29, 0.717) is 23.8 Å².